The second-order valence-electron chi connectivity index (χ2n) is 5.63. The van der Waals surface area contributed by atoms with Crippen molar-refractivity contribution in [2.75, 3.05) is 6.54 Å². The lowest BCUT2D eigenvalue weighted by atomic mass is 9.89. The zero-order valence-electron chi connectivity index (χ0n) is 10.1. The highest BCUT2D eigenvalue weighted by Gasteiger charge is 2.54. The Labute approximate surface area is 102 Å². The van der Waals surface area contributed by atoms with E-state index < -0.39 is 5.54 Å². The third kappa shape index (κ3) is 1.64. The Morgan fingerprint density at radius 2 is 2.06 bits per heavy atom. The van der Waals surface area contributed by atoms with Crippen LogP contribution in [-0.4, -0.2) is 35.0 Å². The first-order chi connectivity index (χ1) is 8.25. The Hall–Kier alpha value is -1.08. The minimum absolute atomic E-state index is 0.126. The van der Waals surface area contributed by atoms with Crippen molar-refractivity contribution in [3.63, 3.8) is 0 Å². The van der Waals surface area contributed by atoms with E-state index in [0.717, 1.165) is 32.2 Å². The van der Waals surface area contributed by atoms with Crippen molar-refractivity contribution in [1.82, 2.24) is 10.2 Å². The quantitative estimate of drug-likeness (QED) is 0.779. The minimum Gasteiger partial charge on any atom is -0.337 e. The minimum atomic E-state index is -0.595. The number of nitrogens with one attached hydrogen (secondary N) is 1. The average molecular weight is 233 g/mol. The van der Waals surface area contributed by atoms with Gasteiger partial charge in [0.15, 0.2) is 0 Å². The van der Waals surface area contributed by atoms with E-state index in [4.69, 9.17) is 0 Å². The van der Waals surface area contributed by atoms with E-state index in [1.54, 1.807) is 0 Å². The summed E-state index contributed by atoms with van der Waals surface area (Å²) in [7, 11) is 0. The van der Waals surface area contributed by atoms with Gasteiger partial charge in [0.2, 0.25) is 5.91 Å². The molecule has 2 unspecified atom stereocenters. The van der Waals surface area contributed by atoms with Gasteiger partial charge >= 0.3 is 0 Å². The van der Waals surface area contributed by atoms with Gasteiger partial charge in [0.05, 0.1) is 18.5 Å². The van der Waals surface area contributed by atoms with Gasteiger partial charge in [0.25, 0.3) is 0 Å². The molecule has 3 fully saturated rings. The van der Waals surface area contributed by atoms with Gasteiger partial charge in [0.1, 0.15) is 5.54 Å². The first kappa shape index (κ1) is 11.0. The maximum absolute atomic E-state index is 11.9. The maximum Gasteiger partial charge on any atom is 0.225 e. The van der Waals surface area contributed by atoms with Crippen molar-refractivity contribution >= 4 is 5.91 Å². The lowest BCUT2D eigenvalue weighted by Gasteiger charge is -2.31. The van der Waals surface area contributed by atoms with Crippen molar-refractivity contribution < 1.29 is 4.79 Å². The number of nitrogens with zero attached hydrogens (tertiary/aromatic N) is 2. The fraction of sp³-hybridized carbons (Fsp3) is 0.846. The van der Waals surface area contributed by atoms with Crippen LogP contribution in [0.25, 0.3) is 0 Å². The highest BCUT2D eigenvalue weighted by atomic mass is 16.2. The summed E-state index contributed by atoms with van der Waals surface area (Å²) in [5, 5.41) is 13.1. The molecule has 4 heteroatoms. The van der Waals surface area contributed by atoms with E-state index in [9.17, 15) is 10.1 Å². The summed E-state index contributed by atoms with van der Waals surface area (Å²) >= 11 is 0. The zero-order valence-corrected chi connectivity index (χ0v) is 10.1. The number of carbonyl (C=O) groups excluding carboxylic acids is 1. The summed E-state index contributed by atoms with van der Waals surface area (Å²) in [5.41, 5.74) is -0.595. The highest BCUT2D eigenvalue weighted by molar-refractivity contribution is 5.82. The van der Waals surface area contributed by atoms with Gasteiger partial charge < -0.3 is 4.90 Å². The zero-order chi connectivity index (χ0) is 11.9. The van der Waals surface area contributed by atoms with Gasteiger partial charge in [-0.3, -0.25) is 10.1 Å². The lowest BCUT2D eigenvalue weighted by molar-refractivity contribution is -0.127. The van der Waals surface area contributed by atoms with Crippen LogP contribution in [0.15, 0.2) is 0 Å². The van der Waals surface area contributed by atoms with Crippen LogP contribution in [0.3, 0.4) is 0 Å². The number of hydrogen-bond acceptors (Lipinski definition) is 3. The lowest BCUT2D eigenvalue weighted by Crippen LogP contribution is -2.55. The molecule has 0 aromatic rings. The Morgan fingerprint density at radius 3 is 2.76 bits per heavy atom. The van der Waals surface area contributed by atoms with Crippen LogP contribution in [0.1, 0.15) is 44.9 Å². The molecule has 2 saturated heterocycles. The molecule has 3 aliphatic rings. The number of rotatable bonds is 2. The molecule has 0 spiro atoms. The average Bonchev–Trinajstić information content (AvgIpc) is 3.01. The number of fused-ring (bicyclic) bond motifs is 1. The SMILES string of the molecule is N#CC1(NC2CCCC2)CC(=O)N2CCCC21. The summed E-state index contributed by atoms with van der Waals surface area (Å²) < 4.78 is 0. The first-order valence-corrected chi connectivity index (χ1v) is 6.73. The molecule has 0 bridgehead atoms. The molecule has 0 radical (unpaired) electrons. The van der Waals surface area contributed by atoms with Gasteiger partial charge in [-0.1, -0.05) is 12.8 Å². The summed E-state index contributed by atoms with van der Waals surface area (Å²) in [4.78, 5) is 13.9. The van der Waals surface area contributed by atoms with Crippen LogP contribution >= 0.6 is 0 Å². The molecule has 3 rings (SSSR count). The topological polar surface area (TPSA) is 56.1 Å². The van der Waals surface area contributed by atoms with E-state index >= 15 is 0 Å². The second kappa shape index (κ2) is 3.99. The van der Waals surface area contributed by atoms with Gasteiger partial charge in [-0.2, -0.15) is 5.26 Å². The molecule has 2 atom stereocenters. The van der Waals surface area contributed by atoms with Crippen LogP contribution in [0, 0.1) is 11.3 Å². The van der Waals surface area contributed by atoms with Crippen LogP contribution in [0.5, 0.6) is 0 Å². The van der Waals surface area contributed by atoms with Gasteiger partial charge in [-0.05, 0) is 25.7 Å². The molecule has 4 nitrogen and oxygen atoms in total. The third-order valence-electron chi connectivity index (χ3n) is 4.59. The number of amides is 1. The van der Waals surface area contributed by atoms with Crippen molar-refractivity contribution in [3.8, 4) is 6.07 Å². The number of carbonyl (C=O) groups is 1. The second-order valence-corrected chi connectivity index (χ2v) is 5.63. The standard InChI is InChI=1S/C13H19N3O/c14-9-13(15-10-4-1-2-5-10)8-12(17)16-7-3-6-11(13)16/h10-11,15H,1-8H2. The van der Waals surface area contributed by atoms with E-state index in [2.05, 4.69) is 11.4 Å². The van der Waals surface area contributed by atoms with Crippen LogP contribution in [0.4, 0.5) is 0 Å². The Balaban J connectivity index is 1.81. The largest absolute Gasteiger partial charge is 0.337 e. The molecule has 0 aromatic heterocycles. The Kier molecular flexibility index (Phi) is 2.59. The fourth-order valence-corrected chi connectivity index (χ4v) is 3.76. The van der Waals surface area contributed by atoms with Crippen molar-refractivity contribution in [2.45, 2.75) is 62.6 Å². The molecule has 1 N–H and O–H groups in total. The first-order valence-electron chi connectivity index (χ1n) is 6.73. The van der Waals surface area contributed by atoms with E-state index in [0.29, 0.717) is 12.5 Å². The summed E-state index contributed by atoms with van der Waals surface area (Å²) in [5.74, 6) is 0.166. The van der Waals surface area contributed by atoms with Crippen LogP contribution in [0.2, 0.25) is 0 Å². The highest BCUT2D eigenvalue weighted by Crippen LogP contribution is 2.38. The molecule has 0 aromatic carbocycles. The Morgan fingerprint density at radius 1 is 1.29 bits per heavy atom. The molecule has 1 aliphatic carbocycles. The predicted octanol–water partition coefficient (Wildman–Crippen LogP) is 1.18. The molecule has 1 amide bonds. The third-order valence-corrected chi connectivity index (χ3v) is 4.59. The van der Waals surface area contributed by atoms with Crippen molar-refractivity contribution in [1.29, 1.82) is 5.26 Å². The smallest absolute Gasteiger partial charge is 0.225 e. The molecule has 1 saturated carbocycles. The summed E-state index contributed by atoms with van der Waals surface area (Å²) in [6.45, 7) is 0.847. The Bertz CT molecular complexity index is 369. The molecule has 17 heavy (non-hydrogen) atoms. The summed E-state index contributed by atoms with van der Waals surface area (Å²) in [6.07, 6.45) is 7.23. The van der Waals surface area contributed by atoms with Crippen molar-refractivity contribution in [3.05, 3.63) is 0 Å². The molecule has 2 heterocycles. The van der Waals surface area contributed by atoms with Crippen LogP contribution in [-0.2, 0) is 4.79 Å². The van der Waals surface area contributed by atoms with Gasteiger partial charge in [-0.25, -0.2) is 0 Å². The molecule has 92 valence electrons. The normalized spacial score (nSPS) is 37.5. The van der Waals surface area contributed by atoms with Crippen molar-refractivity contribution in [2.24, 2.45) is 0 Å². The van der Waals surface area contributed by atoms with Gasteiger partial charge in [-0.15, -0.1) is 0 Å². The van der Waals surface area contributed by atoms with Gasteiger partial charge in [0, 0.05) is 12.6 Å². The fourth-order valence-electron chi connectivity index (χ4n) is 3.76. The predicted molar refractivity (Wildman–Crippen MR) is 63.1 cm³/mol. The molecular formula is C13H19N3O. The number of hydrogen-bond donors (Lipinski definition) is 1. The number of nitriles is 1. The van der Waals surface area contributed by atoms with E-state index in [1.165, 1.54) is 12.8 Å². The van der Waals surface area contributed by atoms with Crippen LogP contribution < -0.4 is 5.32 Å². The molecular weight excluding hydrogens is 214 g/mol. The monoisotopic (exact) mass is 233 g/mol. The van der Waals surface area contributed by atoms with E-state index in [1.807, 2.05) is 4.90 Å². The summed E-state index contributed by atoms with van der Waals surface area (Å²) in [6, 6.07) is 3.01. The van der Waals surface area contributed by atoms with E-state index in [-0.39, 0.29) is 11.9 Å². The maximum atomic E-state index is 11.9. The molecule has 2 aliphatic heterocycles.